The number of alkyl halides is 1. The average Bonchev–Trinajstić information content (AvgIpc) is 2.63. The van der Waals surface area contributed by atoms with Gasteiger partial charge in [0, 0.05) is 24.0 Å². The summed E-state index contributed by atoms with van der Waals surface area (Å²) >= 11 is 6.06. The molecule has 2 heterocycles. The summed E-state index contributed by atoms with van der Waals surface area (Å²) in [5, 5.41) is 0.190. The molecular weight excluding hydrogens is 272 g/mol. The number of hydrogen-bond donors (Lipinski definition) is 0. The first-order valence-corrected chi connectivity index (χ1v) is 7.79. The van der Waals surface area contributed by atoms with Crippen molar-refractivity contribution >= 4 is 27.5 Å². The summed E-state index contributed by atoms with van der Waals surface area (Å²) in [7, 11) is -3.50. The van der Waals surface area contributed by atoms with E-state index in [0.29, 0.717) is 16.3 Å². The maximum atomic E-state index is 11.9. The Morgan fingerprint density at radius 3 is 2.61 bits per heavy atom. The normalized spacial score (nSPS) is 22.7. The number of halogens is 1. The van der Waals surface area contributed by atoms with Crippen molar-refractivity contribution in [1.82, 2.24) is 4.90 Å². The van der Waals surface area contributed by atoms with Gasteiger partial charge in [-0.3, -0.25) is 0 Å². The Kier molecular flexibility index (Phi) is 2.83. The molecule has 3 rings (SSSR count). The van der Waals surface area contributed by atoms with Crippen molar-refractivity contribution in [2.45, 2.75) is 23.1 Å². The third kappa shape index (κ3) is 1.91. The van der Waals surface area contributed by atoms with Crippen molar-refractivity contribution in [2.24, 2.45) is 4.40 Å². The highest BCUT2D eigenvalue weighted by Gasteiger charge is 2.32. The van der Waals surface area contributed by atoms with Crippen molar-refractivity contribution in [3.63, 3.8) is 0 Å². The van der Waals surface area contributed by atoms with E-state index in [9.17, 15) is 8.42 Å². The van der Waals surface area contributed by atoms with E-state index in [1.165, 1.54) is 0 Å². The van der Waals surface area contributed by atoms with Gasteiger partial charge in [-0.2, -0.15) is 8.42 Å². The van der Waals surface area contributed by atoms with E-state index in [2.05, 4.69) is 4.40 Å². The molecule has 0 N–H and O–H groups in total. The maximum absolute atomic E-state index is 11.9. The van der Waals surface area contributed by atoms with Crippen LogP contribution in [0, 0.1) is 0 Å². The van der Waals surface area contributed by atoms with Crippen LogP contribution in [-0.2, 0) is 10.0 Å². The van der Waals surface area contributed by atoms with Crippen LogP contribution in [0.5, 0.6) is 0 Å². The molecule has 1 aromatic carbocycles. The third-order valence-electron chi connectivity index (χ3n) is 3.34. The van der Waals surface area contributed by atoms with Crippen LogP contribution < -0.4 is 0 Å². The molecule has 0 saturated carbocycles. The summed E-state index contributed by atoms with van der Waals surface area (Å²) in [6.07, 6.45) is 1.73. The molecule has 0 aliphatic carbocycles. The summed E-state index contributed by atoms with van der Waals surface area (Å²) in [5.41, 5.74) is 0.713. The minimum Gasteiger partial charge on any atom is -0.355 e. The van der Waals surface area contributed by atoms with Gasteiger partial charge in [0.25, 0.3) is 10.0 Å². The number of nitrogens with zero attached hydrogens (tertiary/aromatic N) is 2. The van der Waals surface area contributed by atoms with Crippen molar-refractivity contribution in [3.05, 3.63) is 29.8 Å². The van der Waals surface area contributed by atoms with E-state index in [1.807, 2.05) is 17.0 Å². The fourth-order valence-electron chi connectivity index (χ4n) is 2.38. The molecule has 4 nitrogen and oxygen atoms in total. The Hall–Kier alpha value is -1.07. The lowest BCUT2D eigenvalue weighted by molar-refractivity contribution is 0.347. The maximum Gasteiger partial charge on any atom is 0.285 e. The molecule has 0 radical (unpaired) electrons. The molecule has 6 heteroatoms. The van der Waals surface area contributed by atoms with Gasteiger partial charge in [0.1, 0.15) is 4.90 Å². The number of hydrogen-bond acceptors (Lipinski definition) is 3. The van der Waals surface area contributed by atoms with Crippen LogP contribution >= 0.6 is 11.6 Å². The lowest BCUT2D eigenvalue weighted by atomic mass is 10.1. The van der Waals surface area contributed by atoms with Gasteiger partial charge in [-0.25, -0.2) is 0 Å². The summed E-state index contributed by atoms with van der Waals surface area (Å²) in [5.74, 6) is 0.578. The Bertz CT molecular complexity index is 604. The highest BCUT2D eigenvalue weighted by molar-refractivity contribution is 7.90. The van der Waals surface area contributed by atoms with E-state index in [-0.39, 0.29) is 5.38 Å². The molecule has 0 aromatic heterocycles. The summed E-state index contributed by atoms with van der Waals surface area (Å²) in [6.45, 7) is 1.52. The Morgan fingerprint density at radius 2 is 1.89 bits per heavy atom. The third-order valence-corrected chi connectivity index (χ3v) is 5.10. The van der Waals surface area contributed by atoms with Crippen molar-refractivity contribution in [2.75, 3.05) is 13.1 Å². The van der Waals surface area contributed by atoms with Gasteiger partial charge in [-0.15, -0.1) is 16.0 Å². The van der Waals surface area contributed by atoms with E-state index in [1.54, 1.807) is 12.1 Å². The van der Waals surface area contributed by atoms with Crippen LogP contribution in [0.4, 0.5) is 0 Å². The van der Waals surface area contributed by atoms with Gasteiger partial charge in [0.05, 0.1) is 0 Å². The zero-order chi connectivity index (χ0) is 12.8. The van der Waals surface area contributed by atoms with E-state index < -0.39 is 10.0 Å². The molecule has 1 fully saturated rings. The zero-order valence-electron chi connectivity index (χ0n) is 9.71. The predicted octanol–water partition coefficient (Wildman–Crippen LogP) is 1.84. The molecular formula is C12H13ClN2O2S. The zero-order valence-corrected chi connectivity index (χ0v) is 11.3. The minimum absolute atomic E-state index is 0.190. The fraction of sp³-hybridized carbons (Fsp3) is 0.417. The van der Waals surface area contributed by atoms with Gasteiger partial charge in [-0.05, 0) is 25.0 Å². The lowest BCUT2D eigenvalue weighted by Gasteiger charge is -2.30. The number of rotatable bonds is 0. The Morgan fingerprint density at radius 1 is 1.22 bits per heavy atom. The molecule has 1 saturated heterocycles. The first-order chi connectivity index (χ1) is 8.58. The topological polar surface area (TPSA) is 49.7 Å². The molecule has 0 atom stereocenters. The Labute approximate surface area is 111 Å². The van der Waals surface area contributed by atoms with Crippen LogP contribution in [-0.4, -0.2) is 37.6 Å². The van der Waals surface area contributed by atoms with Gasteiger partial charge >= 0.3 is 0 Å². The molecule has 1 aromatic rings. The molecule has 0 spiro atoms. The molecule has 2 aliphatic heterocycles. The van der Waals surface area contributed by atoms with E-state index in [4.69, 9.17) is 11.6 Å². The first-order valence-electron chi connectivity index (χ1n) is 5.91. The van der Waals surface area contributed by atoms with E-state index in [0.717, 1.165) is 25.9 Å². The first kappa shape index (κ1) is 12.0. The van der Waals surface area contributed by atoms with Crippen LogP contribution in [0.1, 0.15) is 18.4 Å². The predicted molar refractivity (Wildman–Crippen MR) is 70.6 cm³/mol. The highest BCUT2D eigenvalue weighted by Crippen LogP contribution is 2.29. The largest absolute Gasteiger partial charge is 0.355 e. The average molecular weight is 285 g/mol. The number of likely N-dealkylation sites (tertiary alicyclic amines) is 1. The van der Waals surface area contributed by atoms with E-state index >= 15 is 0 Å². The lowest BCUT2D eigenvalue weighted by Crippen LogP contribution is -2.38. The van der Waals surface area contributed by atoms with Crippen LogP contribution in [0.25, 0.3) is 0 Å². The Balaban J connectivity index is 1.99. The quantitative estimate of drug-likeness (QED) is 0.683. The fourth-order valence-corrected chi connectivity index (χ4v) is 3.80. The number of fused-ring (bicyclic) bond motifs is 1. The summed E-state index contributed by atoms with van der Waals surface area (Å²) < 4.78 is 27.8. The van der Waals surface area contributed by atoms with Crippen molar-refractivity contribution in [3.8, 4) is 0 Å². The SMILES string of the molecule is O=S1(=O)N=C(N2CCC(Cl)CC2)c2ccccc21. The second-order valence-corrected chi connectivity index (χ2v) is 6.74. The minimum atomic E-state index is -3.50. The van der Waals surface area contributed by atoms with Gasteiger partial charge in [0.15, 0.2) is 5.84 Å². The molecule has 0 unspecified atom stereocenters. The molecule has 0 bridgehead atoms. The van der Waals surface area contributed by atoms with Gasteiger partial charge in [-0.1, -0.05) is 12.1 Å². The number of sulfonamides is 1. The monoisotopic (exact) mass is 284 g/mol. The molecule has 0 amide bonds. The van der Waals surface area contributed by atoms with Crippen LogP contribution in [0.3, 0.4) is 0 Å². The van der Waals surface area contributed by atoms with Crippen LogP contribution in [0.15, 0.2) is 33.6 Å². The summed E-state index contributed by atoms with van der Waals surface area (Å²) in [4.78, 5) is 2.33. The van der Waals surface area contributed by atoms with Crippen molar-refractivity contribution < 1.29 is 8.42 Å². The molecule has 18 heavy (non-hydrogen) atoms. The smallest absolute Gasteiger partial charge is 0.285 e. The van der Waals surface area contributed by atoms with Gasteiger partial charge < -0.3 is 4.90 Å². The second kappa shape index (κ2) is 4.24. The second-order valence-electron chi connectivity index (χ2n) is 4.55. The highest BCUT2D eigenvalue weighted by atomic mass is 35.5. The molecule has 96 valence electrons. The van der Waals surface area contributed by atoms with Crippen molar-refractivity contribution in [1.29, 1.82) is 0 Å². The van der Waals surface area contributed by atoms with Gasteiger partial charge in [0.2, 0.25) is 0 Å². The molecule has 2 aliphatic rings. The number of piperidine rings is 1. The number of benzene rings is 1. The summed E-state index contributed by atoms with van der Waals surface area (Å²) in [6, 6.07) is 6.98. The standard InChI is InChI=1S/C12H13ClN2O2S/c13-9-5-7-15(8-6-9)12-10-3-1-2-4-11(10)18(16,17)14-12/h1-4,9H,5-8H2. The number of amidine groups is 1. The van der Waals surface area contributed by atoms with Crippen LogP contribution in [0.2, 0.25) is 0 Å².